The van der Waals surface area contributed by atoms with Crippen LogP contribution in [0.2, 0.25) is 0 Å². The molecule has 1 aliphatic rings. The fraction of sp³-hybridized carbons (Fsp3) is 0.176. The molecular formula is C17H14BrNO3. The largest absolute Gasteiger partial charge is 0.467 e. The summed E-state index contributed by atoms with van der Waals surface area (Å²) in [5.74, 6) is -0.595. The normalized spacial score (nSPS) is 14.6. The van der Waals surface area contributed by atoms with Crippen molar-refractivity contribution < 1.29 is 14.3 Å². The molecule has 0 N–H and O–H groups in total. The van der Waals surface area contributed by atoms with E-state index in [1.54, 1.807) is 11.0 Å². The van der Waals surface area contributed by atoms with Gasteiger partial charge in [-0.1, -0.05) is 52.3 Å². The van der Waals surface area contributed by atoms with Crippen LogP contribution in [-0.2, 0) is 16.1 Å². The zero-order valence-corrected chi connectivity index (χ0v) is 13.5. The van der Waals surface area contributed by atoms with Crippen molar-refractivity contribution in [1.29, 1.82) is 0 Å². The summed E-state index contributed by atoms with van der Waals surface area (Å²) in [5, 5.41) is 0. The maximum absolute atomic E-state index is 12.7. The standard InChI is InChI=1S/C17H14BrNO3/c1-22-17(21)15(11-5-3-2-4-6-11)19-10-12-7-8-13(18)9-14(12)16(19)20/h2-9,15H,10H2,1H3/t15-/m0/s1. The molecule has 112 valence electrons. The summed E-state index contributed by atoms with van der Waals surface area (Å²) >= 11 is 3.37. The van der Waals surface area contributed by atoms with Crippen molar-refractivity contribution in [2.75, 3.05) is 7.11 Å². The molecular weight excluding hydrogens is 346 g/mol. The number of methoxy groups -OCH3 is 1. The number of hydrogen-bond donors (Lipinski definition) is 0. The van der Waals surface area contributed by atoms with Crippen LogP contribution in [0.25, 0.3) is 0 Å². The Morgan fingerprint density at radius 3 is 2.64 bits per heavy atom. The number of ether oxygens (including phenoxy) is 1. The lowest BCUT2D eigenvalue weighted by molar-refractivity contribution is -0.146. The first-order valence-electron chi connectivity index (χ1n) is 6.84. The number of fused-ring (bicyclic) bond motifs is 1. The highest BCUT2D eigenvalue weighted by Gasteiger charge is 2.37. The summed E-state index contributed by atoms with van der Waals surface area (Å²) in [7, 11) is 1.34. The third-order valence-corrected chi connectivity index (χ3v) is 4.25. The zero-order chi connectivity index (χ0) is 15.7. The third kappa shape index (κ3) is 2.52. The summed E-state index contributed by atoms with van der Waals surface area (Å²) in [6, 6.07) is 14.1. The van der Waals surface area contributed by atoms with Crippen LogP contribution >= 0.6 is 15.9 Å². The molecule has 1 amide bonds. The number of esters is 1. The molecule has 0 saturated heterocycles. The molecule has 0 aromatic heterocycles. The van der Waals surface area contributed by atoms with Gasteiger partial charge in [0, 0.05) is 16.6 Å². The van der Waals surface area contributed by atoms with E-state index in [1.165, 1.54) is 7.11 Å². The second-order valence-electron chi connectivity index (χ2n) is 5.07. The van der Waals surface area contributed by atoms with E-state index < -0.39 is 12.0 Å². The summed E-state index contributed by atoms with van der Waals surface area (Å²) in [6.45, 7) is 0.399. The Morgan fingerprint density at radius 1 is 1.23 bits per heavy atom. The summed E-state index contributed by atoms with van der Waals surface area (Å²) in [6.07, 6.45) is 0. The number of carbonyl (C=O) groups is 2. The second kappa shape index (κ2) is 5.93. The van der Waals surface area contributed by atoms with Crippen LogP contribution in [0, 0.1) is 0 Å². The Labute approximate surface area is 136 Å². The Hall–Kier alpha value is -2.14. The molecule has 0 unspecified atom stereocenters. The average Bonchev–Trinajstić information content (AvgIpc) is 2.85. The minimum atomic E-state index is -0.732. The lowest BCUT2D eigenvalue weighted by Gasteiger charge is -2.25. The molecule has 22 heavy (non-hydrogen) atoms. The molecule has 0 saturated carbocycles. The van der Waals surface area contributed by atoms with Crippen molar-refractivity contribution in [3.05, 3.63) is 69.7 Å². The molecule has 1 atom stereocenters. The maximum atomic E-state index is 12.7. The molecule has 3 rings (SSSR count). The van der Waals surface area contributed by atoms with Gasteiger partial charge in [-0.2, -0.15) is 0 Å². The van der Waals surface area contributed by atoms with E-state index in [2.05, 4.69) is 15.9 Å². The number of rotatable bonds is 3. The smallest absolute Gasteiger partial charge is 0.333 e. The number of amides is 1. The number of hydrogen-bond acceptors (Lipinski definition) is 3. The van der Waals surface area contributed by atoms with E-state index in [1.807, 2.05) is 42.5 Å². The summed E-state index contributed by atoms with van der Waals surface area (Å²) in [4.78, 5) is 26.5. The molecule has 0 fully saturated rings. The van der Waals surface area contributed by atoms with Gasteiger partial charge in [-0.15, -0.1) is 0 Å². The van der Waals surface area contributed by atoms with Crippen molar-refractivity contribution >= 4 is 27.8 Å². The highest BCUT2D eigenvalue weighted by molar-refractivity contribution is 9.10. The van der Waals surface area contributed by atoms with E-state index in [-0.39, 0.29) is 5.91 Å². The van der Waals surface area contributed by atoms with Gasteiger partial charge in [-0.25, -0.2) is 4.79 Å². The van der Waals surface area contributed by atoms with Crippen molar-refractivity contribution in [3.8, 4) is 0 Å². The third-order valence-electron chi connectivity index (χ3n) is 3.76. The van der Waals surface area contributed by atoms with Gasteiger partial charge in [0.15, 0.2) is 6.04 Å². The second-order valence-corrected chi connectivity index (χ2v) is 5.99. The van der Waals surface area contributed by atoms with Crippen LogP contribution < -0.4 is 0 Å². The van der Waals surface area contributed by atoms with Crippen molar-refractivity contribution in [2.45, 2.75) is 12.6 Å². The van der Waals surface area contributed by atoms with Crippen molar-refractivity contribution in [2.24, 2.45) is 0 Å². The van der Waals surface area contributed by atoms with Crippen molar-refractivity contribution in [1.82, 2.24) is 4.90 Å². The fourth-order valence-corrected chi connectivity index (χ4v) is 3.06. The average molecular weight is 360 g/mol. The van der Waals surface area contributed by atoms with Crippen LogP contribution in [0.5, 0.6) is 0 Å². The van der Waals surface area contributed by atoms with Crippen LogP contribution in [0.4, 0.5) is 0 Å². The lowest BCUT2D eigenvalue weighted by atomic mass is 10.1. The van der Waals surface area contributed by atoms with E-state index in [0.29, 0.717) is 12.1 Å². The number of carbonyl (C=O) groups excluding carboxylic acids is 2. The Bertz CT molecular complexity index is 730. The predicted octanol–water partition coefficient (Wildman–Crippen LogP) is 3.32. The molecule has 0 bridgehead atoms. The van der Waals surface area contributed by atoms with Gasteiger partial charge in [-0.3, -0.25) is 4.79 Å². The molecule has 0 spiro atoms. The lowest BCUT2D eigenvalue weighted by Crippen LogP contribution is -2.35. The van der Waals surface area contributed by atoms with Gasteiger partial charge in [0.25, 0.3) is 5.91 Å². The monoisotopic (exact) mass is 359 g/mol. The molecule has 2 aromatic carbocycles. The van der Waals surface area contributed by atoms with Gasteiger partial charge >= 0.3 is 5.97 Å². The summed E-state index contributed by atoms with van der Waals surface area (Å²) in [5.41, 5.74) is 2.28. The van der Waals surface area contributed by atoms with Crippen LogP contribution in [0.1, 0.15) is 27.5 Å². The van der Waals surface area contributed by atoms with E-state index >= 15 is 0 Å². The molecule has 5 heteroatoms. The quantitative estimate of drug-likeness (QED) is 0.789. The fourth-order valence-electron chi connectivity index (χ4n) is 2.69. The number of nitrogens with zero attached hydrogens (tertiary/aromatic N) is 1. The first-order chi connectivity index (χ1) is 10.6. The van der Waals surface area contributed by atoms with E-state index in [9.17, 15) is 9.59 Å². The van der Waals surface area contributed by atoms with Gasteiger partial charge < -0.3 is 9.64 Å². The predicted molar refractivity (Wildman–Crippen MR) is 85.2 cm³/mol. The number of halogens is 1. The van der Waals surface area contributed by atoms with Crippen molar-refractivity contribution in [3.63, 3.8) is 0 Å². The number of benzene rings is 2. The Morgan fingerprint density at radius 2 is 1.95 bits per heavy atom. The first-order valence-corrected chi connectivity index (χ1v) is 7.63. The highest BCUT2D eigenvalue weighted by Crippen LogP contribution is 2.33. The minimum Gasteiger partial charge on any atom is -0.467 e. The SMILES string of the molecule is COC(=O)[C@H](c1ccccc1)N1Cc2ccc(Br)cc2C1=O. The minimum absolute atomic E-state index is 0.157. The van der Waals surface area contributed by atoms with Crippen LogP contribution in [-0.4, -0.2) is 23.9 Å². The van der Waals surface area contributed by atoms with Crippen LogP contribution in [0.15, 0.2) is 53.0 Å². The van der Waals surface area contributed by atoms with E-state index in [4.69, 9.17) is 4.74 Å². The molecule has 1 aliphatic heterocycles. The van der Waals surface area contributed by atoms with Gasteiger partial charge in [0.2, 0.25) is 0 Å². The van der Waals surface area contributed by atoms with Gasteiger partial charge in [0.1, 0.15) is 0 Å². The summed E-state index contributed by atoms with van der Waals surface area (Å²) < 4.78 is 5.75. The Kier molecular flexibility index (Phi) is 3.98. The van der Waals surface area contributed by atoms with Gasteiger partial charge in [-0.05, 0) is 23.3 Å². The zero-order valence-electron chi connectivity index (χ0n) is 12.0. The van der Waals surface area contributed by atoms with Crippen LogP contribution in [0.3, 0.4) is 0 Å². The molecule has 4 nitrogen and oxygen atoms in total. The molecule has 1 heterocycles. The first kappa shape index (κ1) is 14.8. The molecule has 2 aromatic rings. The Balaban J connectivity index is 2.01. The molecule has 0 aliphatic carbocycles. The maximum Gasteiger partial charge on any atom is 0.333 e. The van der Waals surface area contributed by atoms with Gasteiger partial charge in [0.05, 0.1) is 7.11 Å². The molecule has 0 radical (unpaired) electrons. The topological polar surface area (TPSA) is 46.6 Å². The highest BCUT2D eigenvalue weighted by atomic mass is 79.9. The van der Waals surface area contributed by atoms with E-state index in [0.717, 1.165) is 15.6 Å².